The maximum Gasteiger partial charge on any atom is 0.324 e. The maximum absolute atomic E-state index is 12.4. The number of ether oxygens (including phenoxy) is 1. The number of rotatable bonds is 5. The largest absolute Gasteiger partial charge is 0.496 e. The van der Waals surface area contributed by atoms with E-state index < -0.39 is 41.2 Å². The van der Waals surface area contributed by atoms with Gasteiger partial charge in [0.1, 0.15) is 11.3 Å². The summed E-state index contributed by atoms with van der Waals surface area (Å²) in [6.07, 6.45) is 0.246. The maximum atomic E-state index is 12.4. The Balaban J connectivity index is 2.14. The highest BCUT2D eigenvalue weighted by Gasteiger charge is 2.66. The SMILES string of the molecule is COc1ccccc1C1NC(CC(C)C)(C(=O)O)C2C(=O)NC(=O)C12. The highest BCUT2D eigenvalue weighted by Crippen LogP contribution is 2.49. The van der Waals surface area contributed by atoms with E-state index in [9.17, 15) is 19.5 Å². The van der Waals surface area contributed by atoms with Crippen LogP contribution >= 0.6 is 0 Å². The average molecular weight is 346 g/mol. The summed E-state index contributed by atoms with van der Waals surface area (Å²) in [6, 6.07) is 6.53. The van der Waals surface area contributed by atoms with Gasteiger partial charge in [0, 0.05) is 11.6 Å². The van der Waals surface area contributed by atoms with Gasteiger partial charge in [0.2, 0.25) is 11.8 Å². The molecule has 2 saturated heterocycles. The van der Waals surface area contributed by atoms with Gasteiger partial charge in [0.25, 0.3) is 0 Å². The van der Waals surface area contributed by atoms with Crippen LogP contribution in [0.1, 0.15) is 31.9 Å². The van der Waals surface area contributed by atoms with Crippen molar-refractivity contribution in [3.8, 4) is 5.75 Å². The molecule has 1 aromatic carbocycles. The first-order valence-corrected chi connectivity index (χ1v) is 8.30. The van der Waals surface area contributed by atoms with Gasteiger partial charge in [-0.3, -0.25) is 25.0 Å². The molecule has 0 aromatic heterocycles. The van der Waals surface area contributed by atoms with E-state index in [1.807, 2.05) is 13.8 Å². The molecule has 2 aliphatic rings. The Morgan fingerprint density at radius 1 is 1.28 bits per heavy atom. The fourth-order valence-electron chi connectivity index (χ4n) is 4.23. The highest BCUT2D eigenvalue weighted by molar-refractivity contribution is 6.09. The van der Waals surface area contributed by atoms with Crippen LogP contribution in [0.2, 0.25) is 0 Å². The molecule has 3 rings (SSSR count). The van der Waals surface area contributed by atoms with Crippen LogP contribution in [0.15, 0.2) is 24.3 Å². The molecule has 2 amide bonds. The summed E-state index contributed by atoms with van der Waals surface area (Å²) >= 11 is 0. The van der Waals surface area contributed by atoms with E-state index >= 15 is 0 Å². The lowest BCUT2D eigenvalue weighted by atomic mass is 9.75. The predicted octanol–water partition coefficient (Wildman–Crippen LogP) is 1.10. The van der Waals surface area contributed by atoms with Gasteiger partial charge >= 0.3 is 5.97 Å². The summed E-state index contributed by atoms with van der Waals surface area (Å²) in [5.41, 5.74) is -0.808. The molecule has 1 aromatic rings. The molecule has 0 saturated carbocycles. The summed E-state index contributed by atoms with van der Waals surface area (Å²) in [4.78, 5) is 37.1. The van der Waals surface area contributed by atoms with E-state index in [1.165, 1.54) is 7.11 Å². The number of methoxy groups -OCH3 is 1. The van der Waals surface area contributed by atoms with Gasteiger partial charge in [-0.2, -0.15) is 0 Å². The third-order valence-corrected chi connectivity index (χ3v) is 5.08. The summed E-state index contributed by atoms with van der Waals surface area (Å²) in [7, 11) is 1.52. The lowest BCUT2D eigenvalue weighted by Crippen LogP contribution is -2.56. The van der Waals surface area contributed by atoms with E-state index in [-0.39, 0.29) is 12.3 Å². The van der Waals surface area contributed by atoms with Crippen LogP contribution in [0, 0.1) is 17.8 Å². The van der Waals surface area contributed by atoms with Crippen molar-refractivity contribution in [2.75, 3.05) is 7.11 Å². The van der Waals surface area contributed by atoms with Crippen molar-refractivity contribution in [1.82, 2.24) is 10.6 Å². The van der Waals surface area contributed by atoms with Crippen molar-refractivity contribution >= 4 is 17.8 Å². The minimum absolute atomic E-state index is 0.0316. The Morgan fingerprint density at radius 2 is 1.96 bits per heavy atom. The number of imide groups is 1. The molecule has 4 unspecified atom stereocenters. The monoisotopic (exact) mass is 346 g/mol. The fourth-order valence-corrected chi connectivity index (χ4v) is 4.23. The van der Waals surface area contributed by atoms with Gasteiger partial charge in [0.05, 0.1) is 18.9 Å². The second-order valence-electron chi connectivity index (χ2n) is 7.10. The van der Waals surface area contributed by atoms with E-state index in [0.29, 0.717) is 11.3 Å². The molecule has 0 bridgehead atoms. The van der Waals surface area contributed by atoms with Gasteiger partial charge in [-0.15, -0.1) is 0 Å². The molecule has 2 aliphatic heterocycles. The normalized spacial score (nSPS) is 31.1. The Morgan fingerprint density at radius 3 is 2.56 bits per heavy atom. The van der Waals surface area contributed by atoms with Crippen LogP contribution < -0.4 is 15.4 Å². The quantitative estimate of drug-likeness (QED) is 0.690. The van der Waals surface area contributed by atoms with Crippen molar-refractivity contribution in [3.63, 3.8) is 0 Å². The summed E-state index contributed by atoms with van der Waals surface area (Å²) in [6.45, 7) is 3.79. The number of carboxylic acids is 1. The second kappa shape index (κ2) is 6.15. The summed E-state index contributed by atoms with van der Waals surface area (Å²) < 4.78 is 5.37. The molecule has 4 atom stereocenters. The molecule has 7 heteroatoms. The van der Waals surface area contributed by atoms with Gasteiger partial charge in [-0.25, -0.2) is 0 Å². The fraction of sp³-hybridized carbons (Fsp3) is 0.500. The molecule has 3 N–H and O–H groups in total. The van der Waals surface area contributed by atoms with Gasteiger partial charge in [-0.05, 0) is 18.4 Å². The van der Waals surface area contributed by atoms with Crippen molar-refractivity contribution < 1.29 is 24.2 Å². The minimum Gasteiger partial charge on any atom is -0.496 e. The first kappa shape index (κ1) is 17.4. The first-order chi connectivity index (χ1) is 11.8. The van der Waals surface area contributed by atoms with E-state index in [2.05, 4.69) is 10.6 Å². The number of nitrogens with one attached hydrogen (secondary N) is 2. The van der Waals surface area contributed by atoms with Gasteiger partial charge < -0.3 is 9.84 Å². The topological polar surface area (TPSA) is 105 Å². The zero-order chi connectivity index (χ0) is 18.4. The summed E-state index contributed by atoms with van der Waals surface area (Å²) in [5.74, 6) is -3.22. The summed E-state index contributed by atoms with van der Waals surface area (Å²) in [5, 5.41) is 15.4. The molecule has 7 nitrogen and oxygen atoms in total. The van der Waals surface area contributed by atoms with Crippen molar-refractivity contribution in [1.29, 1.82) is 0 Å². The number of carboxylic acid groups (broad SMARTS) is 1. The molecular weight excluding hydrogens is 324 g/mol. The van der Waals surface area contributed by atoms with Crippen LogP contribution in [-0.2, 0) is 14.4 Å². The molecule has 2 fully saturated rings. The molecule has 25 heavy (non-hydrogen) atoms. The highest BCUT2D eigenvalue weighted by atomic mass is 16.5. The Kier molecular flexibility index (Phi) is 4.28. The number of carbonyl (C=O) groups is 3. The number of hydrogen-bond donors (Lipinski definition) is 3. The van der Waals surface area contributed by atoms with Crippen LogP contribution in [-0.4, -0.2) is 35.5 Å². The van der Waals surface area contributed by atoms with Crippen LogP contribution in [0.25, 0.3) is 0 Å². The average Bonchev–Trinajstić information content (AvgIpc) is 3.04. The number of para-hydroxylation sites is 1. The van der Waals surface area contributed by atoms with Gasteiger partial charge in [0.15, 0.2) is 0 Å². The number of fused-ring (bicyclic) bond motifs is 1. The Bertz CT molecular complexity index is 732. The lowest BCUT2D eigenvalue weighted by Gasteiger charge is -2.31. The smallest absolute Gasteiger partial charge is 0.324 e. The zero-order valence-corrected chi connectivity index (χ0v) is 14.4. The number of amides is 2. The van der Waals surface area contributed by atoms with E-state index in [1.54, 1.807) is 24.3 Å². The third-order valence-electron chi connectivity index (χ3n) is 5.08. The molecule has 0 radical (unpaired) electrons. The van der Waals surface area contributed by atoms with Crippen LogP contribution in [0.3, 0.4) is 0 Å². The first-order valence-electron chi connectivity index (χ1n) is 8.30. The number of aliphatic carboxylic acids is 1. The van der Waals surface area contributed by atoms with Crippen molar-refractivity contribution in [2.24, 2.45) is 17.8 Å². The number of carbonyl (C=O) groups excluding carboxylic acids is 2. The molecule has 0 aliphatic carbocycles. The predicted molar refractivity (Wildman–Crippen MR) is 88.8 cm³/mol. The van der Waals surface area contributed by atoms with Gasteiger partial charge in [-0.1, -0.05) is 32.0 Å². The zero-order valence-electron chi connectivity index (χ0n) is 14.4. The van der Waals surface area contributed by atoms with Crippen molar-refractivity contribution in [3.05, 3.63) is 29.8 Å². The number of benzene rings is 1. The Labute approximate surface area is 145 Å². The Hall–Kier alpha value is -2.41. The van der Waals surface area contributed by atoms with E-state index in [0.717, 1.165) is 0 Å². The van der Waals surface area contributed by atoms with Crippen LogP contribution in [0.4, 0.5) is 0 Å². The molecular formula is C18H22N2O5. The van der Waals surface area contributed by atoms with Crippen molar-refractivity contribution in [2.45, 2.75) is 31.8 Å². The minimum atomic E-state index is -1.49. The van der Waals surface area contributed by atoms with E-state index in [4.69, 9.17) is 4.74 Å². The molecule has 134 valence electrons. The molecule has 0 spiro atoms. The number of hydrogen-bond acceptors (Lipinski definition) is 5. The lowest BCUT2D eigenvalue weighted by molar-refractivity contribution is -0.150. The molecule has 2 heterocycles. The standard InChI is InChI=1S/C18H22N2O5/c1-9(2)8-18(17(23)24)13-12(15(21)19-16(13)22)14(20-18)10-6-4-5-7-11(10)25-3/h4-7,9,12-14,20H,8H2,1-3H3,(H,23,24)(H,19,21,22). The second-order valence-corrected chi connectivity index (χ2v) is 7.10. The van der Waals surface area contributed by atoms with Crippen LogP contribution in [0.5, 0.6) is 5.75 Å². The third kappa shape index (κ3) is 2.59.